The lowest BCUT2D eigenvalue weighted by atomic mass is 10.1. The Hall–Kier alpha value is -1.36. The predicted molar refractivity (Wildman–Crippen MR) is 61.2 cm³/mol. The Bertz CT molecular complexity index is 390. The van der Waals surface area contributed by atoms with Gasteiger partial charge in [-0.3, -0.25) is 9.48 Å². The summed E-state index contributed by atoms with van der Waals surface area (Å²) in [6.07, 6.45) is 0. The number of aromatic nitrogens is 2. The molecule has 0 spiro atoms. The van der Waals surface area contributed by atoms with Crippen LogP contribution < -0.4 is 0 Å². The van der Waals surface area contributed by atoms with Crippen LogP contribution in [0.3, 0.4) is 0 Å². The van der Waals surface area contributed by atoms with Gasteiger partial charge in [0.25, 0.3) is 5.91 Å². The van der Waals surface area contributed by atoms with E-state index in [0.717, 1.165) is 5.69 Å². The van der Waals surface area contributed by atoms with Crippen LogP contribution in [-0.2, 0) is 7.05 Å². The lowest BCUT2D eigenvalue weighted by Gasteiger charge is -2.25. The maximum absolute atomic E-state index is 12.0. The molecule has 90 valence electrons. The molecule has 0 aromatic carbocycles. The molecule has 0 atom stereocenters. The number of carbonyl (C=O) groups is 1. The van der Waals surface area contributed by atoms with Crippen molar-refractivity contribution in [2.75, 3.05) is 13.6 Å². The molecule has 1 amide bonds. The van der Waals surface area contributed by atoms with Crippen molar-refractivity contribution in [1.82, 2.24) is 14.7 Å². The highest BCUT2D eigenvalue weighted by Gasteiger charge is 2.22. The van der Waals surface area contributed by atoms with Crippen molar-refractivity contribution in [1.29, 1.82) is 0 Å². The first-order valence-corrected chi connectivity index (χ1v) is 5.19. The van der Waals surface area contributed by atoms with Gasteiger partial charge in [-0.15, -0.1) is 0 Å². The van der Waals surface area contributed by atoms with E-state index in [4.69, 9.17) is 0 Å². The topological polar surface area (TPSA) is 58.4 Å². The largest absolute Gasteiger partial charge is 0.389 e. The Morgan fingerprint density at radius 2 is 2.19 bits per heavy atom. The van der Waals surface area contributed by atoms with Crippen molar-refractivity contribution in [3.8, 4) is 0 Å². The summed E-state index contributed by atoms with van der Waals surface area (Å²) in [6, 6.07) is 1.74. The predicted octanol–water partition coefficient (Wildman–Crippen LogP) is 0.571. The summed E-state index contributed by atoms with van der Waals surface area (Å²) >= 11 is 0. The first kappa shape index (κ1) is 12.7. The maximum Gasteiger partial charge on any atom is 0.271 e. The van der Waals surface area contributed by atoms with Crippen molar-refractivity contribution in [3.63, 3.8) is 0 Å². The number of aliphatic hydroxyl groups is 1. The molecule has 16 heavy (non-hydrogen) atoms. The van der Waals surface area contributed by atoms with E-state index in [1.807, 2.05) is 6.92 Å². The molecule has 0 aliphatic heterocycles. The van der Waals surface area contributed by atoms with E-state index in [-0.39, 0.29) is 12.5 Å². The summed E-state index contributed by atoms with van der Waals surface area (Å²) in [5, 5.41) is 13.8. The van der Waals surface area contributed by atoms with Gasteiger partial charge < -0.3 is 10.0 Å². The van der Waals surface area contributed by atoms with Crippen molar-refractivity contribution in [2.45, 2.75) is 26.4 Å². The first-order chi connectivity index (χ1) is 7.20. The highest BCUT2D eigenvalue weighted by Crippen LogP contribution is 2.09. The number of carbonyl (C=O) groups excluding carboxylic acids is 1. The third-order valence-corrected chi connectivity index (χ3v) is 2.19. The average molecular weight is 225 g/mol. The van der Waals surface area contributed by atoms with Crippen LogP contribution in [0.25, 0.3) is 0 Å². The molecule has 1 aromatic heterocycles. The summed E-state index contributed by atoms with van der Waals surface area (Å²) in [7, 11) is 3.40. The zero-order valence-corrected chi connectivity index (χ0v) is 10.5. The Balaban J connectivity index is 2.82. The van der Waals surface area contributed by atoms with Crippen LogP contribution in [0.4, 0.5) is 0 Å². The fraction of sp³-hybridized carbons (Fsp3) is 0.636. The SMILES string of the molecule is Cc1cc(C(=O)N(C)CC(C)(C)O)n(C)n1. The zero-order valence-electron chi connectivity index (χ0n) is 10.5. The Morgan fingerprint density at radius 3 is 2.56 bits per heavy atom. The van der Waals surface area contributed by atoms with Crippen LogP contribution in [-0.4, -0.2) is 44.9 Å². The van der Waals surface area contributed by atoms with E-state index in [0.29, 0.717) is 5.69 Å². The minimum absolute atomic E-state index is 0.134. The molecule has 5 heteroatoms. The highest BCUT2D eigenvalue weighted by molar-refractivity contribution is 5.92. The van der Waals surface area contributed by atoms with E-state index in [2.05, 4.69) is 5.10 Å². The molecule has 1 rings (SSSR count). The first-order valence-electron chi connectivity index (χ1n) is 5.19. The van der Waals surface area contributed by atoms with Gasteiger partial charge in [0.2, 0.25) is 0 Å². The van der Waals surface area contributed by atoms with E-state index in [1.54, 1.807) is 38.7 Å². The number of aryl methyl sites for hydroxylation is 2. The Morgan fingerprint density at radius 1 is 1.62 bits per heavy atom. The average Bonchev–Trinajstić information content (AvgIpc) is 2.41. The number of nitrogens with zero attached hydrogens (tertiary/aromatic N) is 3. The third-order valence-electron chi connectivity index (χ3n) is 2.19. The number of hydrogen-bond acceptors (Lipinski definition) is 3. The van der Waals surface area contributed by atoms with Gasteiger partial charge in [-0.05, 0) is 26.8 Å². The molecule has 1 heterocycles. The van der Waals surface area contributed by atoms with E-state index >= 15 is 0 Å². The Kier molecular flexibility index (Phi) is 3.38. The van der Waals surface area contributed by atoms with Crippen molar-refractivity contribution >= 4 is 5.91 Å². The normalized spacial score (nSPS) is 11.6. The second-order valence-electron chi connectivity index (χ2n) is 4.77. The lowest BCUT2D eigenvalue weighted by Crippen LogP contribution is -2.40. The summed E-state index contributed by atoms with van der Waals surface area (Å²) in [6.45, 7) is 5.47. The van der Waals surface area contributed by atoms with Crippen molar-refractivity contribution < 1.29 is 9.90 Å². The fourth-order valence-electron chi connectivity index (χ4n) is 1.66. The van der Waals surface area contributed by atoms with Gasteiger partial charge in [0.1, 0.15) is 5.69 Å². The van der Waals surface area contributed by atoms with Gasteiger partial charge in [0, 0.05) is 20.6 Å². The molecule has 1 aromatic rings. The summed E-state index contributed by atoms with van der Waals surface area (Å²) in [5.41, 5.74) is 0.449. The highest BCUT2D eigenvalue weighted by atomic mass is 16.3. The molecule has 0 aliphatic rings. The second-order valence-corrected chi connectivity index (χ2v) is 4.77. The molecule has 5 nitrogen and oxygen atoms in total. The molecule has 0 saturated heterocycles. The van der Waals surface area contributed by atoms with Crippen LogP contribution in [0, 0.1) is 6.92 Å². The number of rotatable bonds is 3. The zero-order chi connectivity index (χ0) is 12.5. The monoisotopic (exact) mass is 225 g/mol. The molecule has 0 fully saturated rings. The van der Waals surface area contributed by atoms with Gasteiger partial charge >= 0.3 is 0 Å². The molecular formula is C11H19N3O2. The molecular weight excluding hydrogens is 206 g/mol. The molecule has 0 unspecified atom stereocenters. The van der Waals surface area contributed by atoms with Gasteiger partial charge in [-0.1, -0.05) is 0 Å². The third kappa shape index (κ3) is 3.06. The van der Waals surface area contributed by atoms with Gasteiger partial charge in [-0.2, -0.15) is 5.10 Å². The van der Waals surface area contributed by atoms with Gasteiger partial charge in [0.05, 0.1) is 11.3 Å². The minimum Gasteiger partial charge on any atom is -0.389 e. The van der Waals surface area contributed by atoms with Crippen LogP contribution >= 0.6 is 0 Å². The van der Waals surface area contributed by atoms with Crippen LogP contribution in [0.15, 0.2) is 6.07 Å². The Labute approximate surface area is 95.7 Å². The fourth-order valence-corrected chi connectivity index (χ4v) is 1.66. The van der Waals surface area contributed by atoms with Crippen molar-refractivity contribution in [3.05, 3.63) is 17.5 Å². The minimum atomic E-state index is -0.891. The van der Waals surface area contributed by atoms with Crippen LogP contribution in [0.2, 0.25) is 0 Å². The second kappa shape index (κ2) is 4.25. The maximum atomic E-state index is 12.0. The lowest BCUT2D eigenvalue weighted by molar-refractivity contribution is 0.0362. The molecule has 0 radical (unpaired) electrons. The van der Waals surface area contributed by atoms with Gasteiger partial charge in [0.15, 0.2) is 0 Å². The molecule has 1 N–H and O–H groups in total. The smallest absolute Gasteiger partial charge is 0.271 e. The number of hydrogen-bond donors (Lipinski definition) is 1. The summed E-state index contributed by atoms with van der Waals surface area (Å²) < 4.78 is 1.55. The molecule has 0 aliphatic carbocycles. The molecule has 0 bridgehead atoms. The molecule has 0 saturated carbocycles. The van der Waals surface area contributed by atoms with Gasteiger partial charge in [-0.25, -0.2) is 0 Å². The van der Waals surface area contributed by atoms with Crippen LogP contribution in [0.1, 0.15) is 30.0 Å². The van der Waals surface area contributed by atoms with E-state index in [9.17, 15) is 9.90 Å². The number of likely N-dealkylation sites (N-methyl/N-ethyl adjacent to an activating group) is 1. The standard InChI is InChI=1S/C11H19N3O2/c1-8-6-9(14(5)12-8)10(15)13(4)7-11(2,3)16/h6,16H,7H2,1-5H3. The van der Waals surface area contributed by atoms with Crippen LogP contribution in [0.5, 0.6) is 0 Å². The summed E-state index contributed by atoms with van der Waals surface area (Å²) in [5.74, 6) is -0.134. The van der Waals surface area contributed by atoms with Crippen molar-refractivity contribution in [2.24, 2.45) is 7.05 Å². The quantitative estimate of drug-likeness (QED) is 0.818. The number of amides is 1. The summed E-state index contributed by atoms with van der Waals surface area (Å²) in [4.78, 5) is 13.5. The van der Waals surface area contributed by atoms with E-state index in [1.165, 1.54) is 4.90 Å². The van der Waals surface area contributed by atoms with E-state index < -0.39 is 5.60 Å².